The molecule has 3 N–H and O–H groups in total. The number of carboxylic acids is 1. The molecule has 12 nitrogen and oxygen atoms in total. The number of carbonyl (C=O) groups excluding carboxylic acids is 3. The first-order chi connectivity index (χ1) is 35.6. The van der Waals surface area contributed by atoms with Gasteiger partial charge in [-0.3, -0.25) is 14.4 Å². The van der Waals surface area contributed by atoms with Gasteiger partial charge < -0.3 is 39.0 Å². The monoisotopic (exact) mass is 1020 g/mol. The maximum absolute atomic E-state index is 13.1. The lowest BCUT2D eigenvalue weighted by molar-refractivity contribution is -0.301. The molecule has 0 radical (unpaired) electrons. The zero-order valence-corrected chi connectivity index (χ0v) is 45.1. The van der Waals surface area contributed by atoms with Crippen molar-refractivity contribution in [2.24, 2.45) is 0 Å². The first-order valence-electron chi connectivity index (χ1n) is 27.9. The molecule has 1 saturated heterocycles. The minimum atomic E-state index is -1.92. The van der Waals surface area contributed by atoms with Crippen LogP contribution in [0.1, 0.15) is 201 Å². The van der Waals surface area contributed by atoms with E-state index in [-0.39, 0.29) is 25.9 Å². The van der Waals surface area contributed by atoms with Crippen molar-refractivity contribution in [3.63, 3.8) is 0 Å². The Balaban J connectivity index is 2.75. The standard InChI is InChI=1S/C61H96O12/c1-4-7-10-13-16-19-22-25-27-30-32-35-38-41-44-47-53(62)69-50-52(71-54(63)48-45-42-39-36-33-29-24-21-18-15-12-9-6-3)51-70-61-59(57(66)56(65)58(73-61)60(67)68)72-55(64)49-46-43-40-37-34-31-28-26-23-20-17-14-11-8-5-2/h7-12,16-21,25-29,33,52,56-59,61,65-66H,4-6,13-15,22-24,30-32,34-51H2,1-3H3,(H,67,68)/b10-7-,11-8-,12-9-,19-16-,20-17-,21-18-,27-25-,28-26-,33-29-. The number of unbranched alkanes of at least 4 members (excludes halogenated alkanes) is 13. The van der Waals surface area contributed by atoms with E-state index in [2.05, 4.69) is 130 Å². The molecule has 0 aromatic heterocycles. The predicted molar refractivity (Wildman–Crippen MR) is 294 cm³/mol. The number of aliphatic carboxylic acids is 1. The smallest absolute Gasteiger partial charge is 0.335 e. The van der Waals surface area contributed by atoms with Crippen LogP contribution in [0.25, 0.3) is 0 Å². The minimum absolute atomic E-state index is 0.0300. The van der Waals surface area contributed by atoms with E-state index in [1.54, 1.807) is 0 Å². The summed E-state index contributed by atoms with van der Waals surface area (Å²) >= 11 is 0. The van der Waals surface area contributed by atoms with Crippen LogP contribution in [0.4, 0.5) is 0 Å². The molecule has 1 heterocycles. The Bertz CT molecular complexity index is 1690. The number of esters is 3. The molecule has 6 unspecified atom stereocenters. The number of aliphatic hydroxyl groups excluding tert-OH is 2. The highest BCUT2D eigenvalue weighted by Gasteiger charge is 2.50. The van der Waals surface area contributed by atoms with E-state index in [9.17, 15) is 34.5 Å². The number of allylic oxidation sites excluding steroid dienone is 18. The summed E-state index contributed by atoms with van der Waals surface area (Å²) in [5, 5.41) is 31.4. The molecule has 0 amide bonds. The number of hydrogen-bond acceptors (Lipinski definition) is 11. The molecule has 6 atom stereocenters. The van der Waals surface area contributed by atoms with Gasteiger partial charge in [0.25, 0.3) is 0 Å². The Kier molecular flexibility index (Phi) is 44.0. The molecule has 1 fully saturated rings. The third kappa shape index (κ3) is 38.6. The molecule has 0 bridgehead atoms. The van der Waals surface area contributed by atoms with Gasteiger partial charge in [0.1, 0.15) is 18.8 Å². The van der Waals surface area contributed by atoms with E-state index >= 15 is 0 Å². The van der Waals surface area contributed by atoms with Crippen LogP contribution in [-0.4, -0.2) is 89.2 Å². The van der Waals surface area contributed by atoms with E-state index in [0.717, 1.165) is 141 Å². The summed E-state index contributed by atoms with van der Waals surface area (Å²) < 4.78 is 28.3. The van der Waals surface area contributed by atoms with Crippen molar-refractivity contribution >= 4 is 23.9 Å². The van der Waals surface area contributed by atoms with Gasteiger partial charge in [0.2, 0.25) is 0 Å². The van der Waals surface area contributed by atoms with Crippen molar-refractivity contribution in [2.45, 2.75) is 237 Å². The fourth-order valence-electron chi connectivity index (χ4n) is 7.64. The molecule has 73 heavy (non-hydrogen) atoms. The second-order valence-corrected chi connectivity index (χ2v) is 18.4. The Morgan fingerprint density at radius 3 is 1.26 bits per heavy atom. The van der Waals surface area contributed by atoms with E-state index in [1.807, 2.05) is 0 Å². The maximum atomic E-state index is 13.1. The van der Waals surface area contributed by atoms with Gasteiger partial charge in [0.15, 0.2) is 24.6 Å². The molecule has 0 aromatic carbocycles. The topological polar surface area (TPSA) is 175 Å². The fraction of sp³-hybridized carbons (Fsp3) is 0.639. The quantitative estimate of drug-likeness (QED) is 0.0228. The van der Waals surface area contributed by atoms with Gasteiger partial charge in [-0.2, -0.15) is 0 Å². The van der Waals surface area contributed by atoms with Crippen LogP contribution in [0.3, 0.4) is 0 Å². The summed E-state index contributed by atoms with van der Waals surface area (Å²) in [5.41, 5.74) is 0. The summed E-state index contributed by atoms with van der Waals surface area (Å²) in [4.78, 5) is 51.0. The molecule has 0 aliphatic carbocycles. The van der Waals surface area contributed by atoms with Gasteiger partial charge >= 0.3 is 23.9 Å². The van der Waals surface area contributed by atoms with Gasteiger partial charge in [0.05, 0.1) is 6.61 Å². The van der Waals surface area contributed by atoms with E-state index in [4.69, 9.17) is 23.7 Å². The normalized spacial score (nSPS) is 19.2. The van der Waals surface area contributed by atoms with Gasteiger partial charge in [0, 0.05) is 19.3 Å². The first kappa shape index (κ1) is 66.4. The molecular weight excluding hydrogens is 925 g/mol. The molecule has 1 aliphatic heterocycles. The van der Waals surface area contributed by atoms with Crippen LogP contribution >= 0.6 is 0 Å². The lowest BCUT2D eigenvalue weighted by atomic mass is 9.98. The third-order valence-corrected chi connectivity index (χ3v) is 11.8. The molecule has 12 heteroatoms. The predicted octanol–water partition coefficient (Wildman–Crippen LogP) is 13.9. The van der Waals surface area contributed by atoms with Crippen LogP contribution in [0.2, 0.25) is 0 Å². The fourth-order valence-corrected chi connectivity index (χ4v) is 7.64. The van der Waals surface area contributed by atoms with Crippen LogP contribution in [0.5, 0.6) is 0 Å². The van der Waals surface area contributed by atoms with Gasteiger partial charge in [-0.05, 0) is 116 Å². The van der Waals surface area contributed by atoms with Crippen LogP contribution in [0, 0.1) is 0 Å². The lowest BCUT2D eigenvalue weighted by Crippen LogP contribution is -2.61. The molecule has 1 rings (SSSR count). The Hall–Kier alpha value is -4.62. The Morgan fingerprint density at radius 2 is 0.822 bits per heavy atom. The van der Waals surface area contributed by atoms with Crippen LogP contribution in [-0.2, 0) is 42.9 Å². The van der Waals surface area contributed by atoms with Crippen molar-refractivity contribution in [1.29, 1.82) is 0 Å². The zero-order valence-electron chi connectivity index (χ0n) is 45.1. The van der Waals surface area contributed by atoms with Crippen molar-refractivity contribution < 1.29 is 58.2 Å². The number of hydrogen-bond donors (Lipinski definition) is 3. The molecular formula is C61H96O12. The van der Waals surface area contributed by atoms with E-state index in [1.165, 1.54) is 0 Å². The van der Waals surface area contributed by atoms with Crippen molar-refractivity contribution in [2.75, 3.05) is 13.2 Å². The van der Waals surface area contributed by atoms with Crippen LogP contribution < -0.4 is 0 Å². The highest BCUT2D eigenvalue weighted by atomic mass is 16.7. The van der Waals surface area contributed by atoms with Gasteiger partial charge in [-0.25, -0.2) is 4.79 Å². The number of ether oxygens (including phenoxy) is 5. The zero-order chi connectivity index (χ0) is 53.3. The second kappa shape index (κ2) is 48.3. The second-order valence-electron chi connectivity index (χ2n) is 18.4. The Morgan fingerprint density at radius 1 is 0.452 bits per heavy atom. The Labute approximate surface area is 440 Å². The molecule has 0 saturated carbocycles. The summed E-state index contributed by atoms with van der Waals surface area (Å²) in [6.07, 6.45) is 52.1. The summed E-state index contributed by atoms with van der Waals surface area (Å²) in [7, 11) is 0. The molecule has 1 aliphatic rings. The highest BCUT2D eigenvalue weighted by molar-refractivity contribution is 5.74. The highest BCUT2D eigenvalue weighted by Crippen LogP contribution is 2.26. The molecule has 412 valence electrons. The number of aliphatic hydroxyl groups is 2. The summed E-state index contributed by atoms with van der Waals surface area (Å²) in [6, 6.07) is 0. The lowest BCUT2D eigenvalue weighted by Gasteiger charge is -2.40. The van der Waals surface area contributed by atoms with Gasteiger partial charge in [-0.15, -0.1) is 0 Å². The van der Waals surface area contributed by atoms with Crippen molar-refractivity contribution in [1.82, 2.24) is 0 Å². The minimum Gasteiger partial charge on any atom is -0.479 e. The average Bonchev–Trinajstić information content (AvgIpc) is 3.37. The third-order valence-electron chi connectivity index (χ3n) is 11.8. The van der Waals surface area contributed by atoms with Crippen molar-refractivity contribution in [3.05, 3.63) is 109 Å². The summed E-state index contributed by atoms with van der Waals surface area (Å²) in [6.45, 7) is 5.58. The largest absolute Gasteiger partial charge is 0.479 e. The van der Waals surface area contributed by atoms with Gasteiger partial charge in [-0.1, -0.05) is 175 Å². The summed E-state index contributed by atoms with van der Waals surface area (Å²) in [5.74, 6) is -3.22. The maximum Gasteiger partial charge on any atom is 0.335 e. The number of rotatable bonds is 45. The van der Waals surface area contributed by atoms with Crippen molar-refractivity contribution in [3.8, 4) is 0 Å². The first-order valence-corrected chi connectivity index (χ1v) is 27.9. The number of carbonyl (C=O) groups is 4. The van der Waals surface area contributed by atoms with E-state index in [0.29, 0.717) is 19.3 Å². The SMILES string of the molecule is CC/C=C\C/C=C\C/C=C\CCCCCCCC(=O)OCC(COC1OC(C(=O)O)C(O)C(O)C1OC(=O)CCCCCCC/C=C\C/C=C\C/C=C\CC)OC(=O)CCCCC/C=C\C/C=C\C/C=C\CC. The number of carboxylic acid groups (broad SMARTS) is 1. The molecule has 0 aromatic rings. The average molecular weight is 1020 g/mol. The van der Waals surface area contributed by atoms with Crippen LogP contribution in [0.15, 0.2) is 109 Å². The van der Waals surface area contributed by atoms with E-state index < -0.39 is 67.3 Å². The molecule has 0 spiro atoms.